The van der Waals surface area contributed by atoms with Crippen molar-refractivity contribution < 1.29 is 9.59 Å². The lowest BCUT2D eigenvalue weighted by Crippen LogP contribution is -2.42. The van der Waals surface area contributed by atoms with Crippen molar-refractivity contribution >= 4 is 11.8 Å². The van der Waals surface area contributed by atoms with Gasteiger partial charge in [-0.05, 0) is 17.0 Å². The molecule has 2 aromatic carbocycles. The first-order chi connectivity index (χ1) is 11.6. The summed E-state index contributed by atoms with van der Waals surface area (Å²) >= 11 is 0. The SMILES string of the molecule is CC(C)CNC(=O)C(=O)NCC(c1ccccc1)c1ccccc1. The van der Waals surface area contributed by atoms with Gasteiger partial charge in [-0.1, -0.05) is 74.5 Å². The smallest absolute Gasteiger partial charge is 0.309 e. The molecule has 0 aliphatic carbocycles. The Morgan fingerprint density at radius 2 is 1.17 bits per heavy atom. The van der Waals surface area contributed by atoms with Gasteiger partial charge in [0.05, 0.1) is 0 Å². The van der Waals surface area contributed by atoms with E-state index in [1.807, 2.05) is 74.5 Å². The molecule has 0 aliphatic rings. The molecule has 0 saturated carbocycles. The number of hydrogen-bond acceptors (Lipinski definition) is 2. The topological polar surface area (TPSA) is 58.2 Å². The quantitative estimate of drug-likeness (QED) is 0.803. The van der Waals surface area contributed by atoms with E-state index >= 15 is 0 Å². The Morgan fingerprint density at radius 3 is 1.58 bits per heavy atom. The van der Waals surface area contributed by atoms with Gasteiger partial charge in [0.1, 0.15) is 0 Å². The van der Waals surface area contributed by atoms with Crippen molar-refractivity contribution in [2.24, 2.45) is 5.92 Å². The highest BCUT2D eigenvalue weighted by atomic mass is 16.2. The summed E-state index contributed by atoms with van der Waals surface area (Å²) in [7, 11) is 0. The number of carbonyl (C=O) groups is 2. The molecule has 4 nitrogen and oxygen atoms in total. The Kier molecular flexibility index (Phi) is 6.55. The summed E-state index contributed by atoms with van der Waals surface area (Å²) in [6.45, 7) is 4.84. The van der Waals surface area contributed by atoms with E-state index in [2.05, 4.69) is 10.6 Å². The highest BCUT2D eigenvalue weighted by molar-refractivity contribution is 6.35. The molecular weight excluding hydrogens is 300 g/mol. The van der Waals surface area contributed by atoms with Crippen LogP contribution in [0.4, 0.5) is 0 Å². The highest BCUT2D eigenvalue weighted by Crippen LogP contribution is 2.23. The highest BCUT2D eigenvalue weighted by Gasteiger charge is 2.18. The van der Waals surface area contributed by atoms with E-state index < -0.39 is 11.8 Å². The molecule has 0 unspecified atom stereocenters. The Bertz CT molecular complexity index is 614. The number of nitrogens with one attached hydrogen (secondary N) is 2. The Morgan fingerprint density at radius 1 is 0.750 bits per heavy atom. The molecule has 0 saturated heterocycles. The molecule has 0 aromatic heterocycles. The van der Waals surface area contributed by atoms with Gasteiger partial charge in [-0.25, -0.2) is 0 Å². The fourth-order valence-electron chi connectivity index (χ4n) is 2.45. The fourth-order valence-corrected chi connectivity index (χ4v) is 2.45. The Balaban J connectivity index is 2.04. The van der Waals surface area contributed by atoms with E-state index in [0.29, 0.717) is 19.0 Å². The zero-order chi connectivity index (χ0) is 17.4. The standard InChI is InChI=1S/C20H24N2O2/c1-15(2)13-21-19(23)20(24)22-14-18(16-9-5-3-6-10-16)17-11-7-4-8-12-17/h3-12,15,18H,13-14H2,1-2H3,(H,21,23)(H,22,24). The summed E-state index contributed by atoms with van der Waals surface area (Å²) in [6.07, 6.45) is 0. The minimum absolute atomic E-state index is 0.00856. The van der Waals surface area contributed by atoms with Gasteiger partial charge in [-0.3, -0.25) is 9.59 Å². The van der Waals surface area contributed by atoms with Crippen molar-refractivity contribution in [1.82, 2.24) is 10.6 Å². The van der Waals surface area contributed by atoms with E-state index in [9.17, 15) is 9.59 Å². The molecule has 4 heteroatoms. The summed E-state index contributed by atoms with van der Waals surface area (Å²) in [4.78, 5) is 23.8. The van der Waals surface area contributed by atoms with Crippen LogP contribution in [0.5, 0.6) is 0 Å². The molecule has 2 aromatic rings. The normalized spacial score (nSPS) is 10.7. The van der Waals surface area contributed by atoms with Gasteiger partial charge >= 0.3 is 11.8 Å². The van der Waals surface area contributed by atoms with Crippen LogP contribution in [0.1, 0.15) is 30.9 Å². The average Bonchev–Trinajstić information content (AvgIpc) is 2.61. The van der Waals surface area contributed by atoms with E-state index in [4.69, 9.17) is 0 Å². The van der Waals surface area contributed by atoms with E-state index in [1.165, 1.54) is 0 Å². The number of benzene rings is 2. The largest absolute Gasteiger partial charge is 0.348 e. The van der Waals surface area contributed by atoms with Crippen LogP contribution < -0.4 is 10.6 Å². The summed E-state index contributed by atoms with van der Waals surface area (Å²) < 4.78 is 0. The molecule has 2 rings (SSSR count). The summed E-state index contributed by atoms with van der Waals surface area (Å²) in [5.41, 5.74) is 2.21. The van der Waals surface area contributed by atoms with Crippen LogP contribution in [-0.4, -0.2) is 24.9 Å². The molecule has 0 heterocycles. The summed E-state index contributed by atoms with van der Waals surface area (Å²) in [5.74, 6) is -0.853. The van der Waals surface area contributed by atoms with Crippen LogP contribution in [0.2, 0.25) is 0 Å². The molecule has 0 bridgehead atoms. The van der Waals surface area contributed by atoms with E-state index in [1.54, 1.807) is 0 Å². The predicted molar refractivity (Wildman–Crippen MR) is 95.6 cm³/mol. The lowest BCUT2D eigenvalue weighted by Gasteiger charge is -2.18. The molecule has 0 fully saturated rings. The van der Waals surface area contributed by atoms with Gasteiger partial charge in [-0.15, -0.1) is 0 Å². The molecular formula is C20H24N2O2. The first-order valence-corrected chi connectivity index (χ1v) is 8.24. The molecule has 0 aliphatic heterocycles. The minimum atomic E-state index is -0.590. The monoisotopic (exact) mass is 324 g/mol. The molecule has 0 spiro atoms. The van der Waals surface area contributed by atoms with E-state index in [0.717, 1.165) is 11.1 Å². The average molecular weight is 324 g/mol. The summed E-state index contributed by atoms with van der Waals surface area (Å²) in [5, 5.41) is 5.39. The maximum absolute atomic E-state index is 12.0. The second kappa shape index (κ2) is 8.87. The van der Waals surface area contributed by atoms with Crippen molar-refractivity contribution in [2.45, 2.75) is 19.8 Å². The fraction of sp³-hybridized carbons (Fsp3) is 0.300. The Hall–Kier alpha value is -2.62. The van der Waals surface area contributed by atoms with Crippen LogP contribution in [0.25, 0.3) is 0 Å². The third kappa shape index (κ3) is 5.23. The maximum atomic E-state index is 12.0. The third-order valence-electron chi connectivity index (χ3n) is 3.75. The number of rotatable bonds is 6. The van der Waals surface area contributed by atoms with Gasteiger partial charge < -0.3 is 10.6 Å². The van der Waals surface area contributed by atoms with Crippen LogP contribution >= 0.6 is 0 Å². The zero-order valence-corrected chi connectivity index (χ0v) is 14.2. The second-order valence-electron chi connectivity index (χ2n) is 6.19. The molecule has 2 amide bonds. The van der Waals surface area contributed by atoms with Gasteiger partial charge in [0.2, 0.25) is 0 Å². The lowest BCUT2D eigenvalue weighted by molar-refractivity contribution is -0.139. The van der Waals surface area contributed by atoms with Crippen molar-refractivity contribution in [1.29, 1.82) is 0 Å². The van der Waals surface area contributed by atoms with Gasteiger partial charge in [-0.2, -0.15) is 0 Å². The van der Waals surface area contributed by atoms with E-state index in [-0.39, 0.29) is 5.92 Å². The minimum Gasteiger partial charge on any atom is -0.348 e. The molecule has 0 atom stereocenters. The number of hydrogen-bond donors (Lipinski definition) is 2. The van der Waals surface area contributed by atoms with Crippen LogP contribution in [-0.2, 0) is 9.59 Å². The van der Waals surface area contributed by atoms with Crippen molar-refractivity contribution in [2.75, 3.05) is 13.1 Å². The summed E-state index contributed by atoms with van der Waals surface area (Å²) in [6, 6.07) is 19.9. The van der Waals surface area contributed by atoms with Gasteiger partial charge in [0.25, 0.3) is 0 Å². The molecule has 24 heavy (non-hydrogen) atoms. The van der Waals surface area contributed by atoms with Gasteiger partial charge in [0, 0.05) is 19.0 Å². The molecule has 0 radical (unpaired) electrons. The van der Waals surface area contributed by atoms with Gasteiger partial charge in [0.15, 0.2) is 0 Å². The lowest BCUT2D eigenvalue weighted by atomic mass is 9.91. The predicted octanol–water partition coefficient (Wildman–Crippen LogP) is 2.71. The van der Waals surface area contributed by atoms with Crippen molar-refractivity contribution in [3.05, 3.63) is 71.8 Å². The zero-order valence-electron chi connectivity index (χ0n) is 14.2. The number of carbonyl (C=O) groups excluding carboxylic acids is 2. The first-order valence-electron chi connectivity index (χ1n) is 8.24. The molecule has 2 N–H and O–H groups in total. The van der Waals surface area contributed by atoms with Crippen molar-refractivity contribution in [3.63, 3.8) is 0 Å². The Labute approximate surface area is 143 Å². The number of amides is 2. The van der Waals surface area contributed by atoms with Crippen molar-refractivity contribution in [3.8, 4) is 0 Å². The van der Waals surface area contributed by atoms with Crippen LogP contribution in [0, 0.1) is 5.92 Å². The third-order valence-corrected chi connectivity index (χ3v) is 3.75. The first kappa shape index (κ1) is 17.7. The van der Waals surface area contributed by atoms with Crippen LogP contribution in [0.15, 0.2) is 60.7 Å². The maximum Gasteiger partial charge on any atom is 0.309 e. The van der Waals surface area contributed by atoms with Crippen LogP contribution in [0.3, 0.4) is 0 Å². The molecule has 126 valence electrons. The second-order valence-corrected chi connectivity index (χ2v) is 6.19.